The third kappa shape index (κ3) is 2.60. The van der Waals surface area contributed by atoms with E-state index in [1.54, 1.807) is 31.4 Å². The van der Waals surface area contributed by atoms with Crippen molar-refractivity contribution < 1.29 is 19.1 Å². The van der Waals surface area contributed by atoms with Crippen molar-refractivity contribution in [2.75, 3.05) is 12.4 Å². The molecular formula is C16H19NO4. The van der Waals surface area contributed by atoms with E-state index in [0.29, 0.717) is 5.69 Å². The summed E-state index contributed by atoms with van der Waals surface area (Å²) in [6.07, 6.45) is 3.79. The molecule has 1 saturated carbocycles. The Morgan fingerprint density at radius 3 is 2.57 bits per heavy atom. The largest absolute Gasteiger partial charge is 0.497 e. The predicted octanol–water partition coefficient (Wildman–Crippen LogP) is 2.51. The molecule has 1 spiro atoms. The van der Waals surface area contributed by atoms with E-state index in [9.17, 15) is 9.59 Å². The van der Waals surface area contributed by atoms with Crippen LogP contribution in [0.4, 0.5) is 5.69 Å². The first-order valence-corrected chi connectivity index (χ1v) is 7.30. The zero-order valence-electron chi connectivity index (χ0n) is 12.1. The number of hydrogen-bond donors (Lipinski definition) is 1. The summed E-state index contributed by atoms with van der Waals surface area (Å²) in [6, 6.07) is 7.15. The summed E-state index contributed by atoms with van der Waals surface area (Å²) in [6.45, 7) is 0. The van der Waals surface area contributed by atoms with E-state index in [4.69, 9.17) is 9.47 Å². The van der Waals surface area contributed by atoms with Crippen LogP contribution in [-0.4, -0.2) is 24.6 Å². The number of benzene rings is 1. The van der Waals surface area contributed by atoms with Crippen LogP contribution in [0.3, 0.4) is 0 Å². The monoisotopic (exact) mass is 289 g/mol. The Hall–Kier alpha value is -2.04. The Bertz CT molecular complexity index is 546. The molecule has 1 atom stereocenters. The number of amides is 1. The molecule has 1 N–H and O–H groups in total. The number of methoxy groups -OCH3 is 1. The van der Waals surface area contributed by atoms with Crippen molar-refractivity contribution in [3.05, 3.63) is 24.3 Å². The summed E-state index contributed by atoms with van der Waals surface area (Å²) < 4.78 is 10.6. The first-order valence-electron chi connectivity index (χ1n) is 7.30. The molecule has 5 heteroatoms. The zero-order chi connectivity index (χ0) is 14.9. The Balaban J connectivity index is 1.73. The van der Waals surface area contributed by atoms with Crippen LogP contribution in [0.2, 0.25) is 0 Å². The van der Waals surface area contributed by atoms with Crippen LogP contribution in [0.15, 0.2) is 24.3 Å². The molecule has 0 radical (unpaired) electrons. The lowest BCUT2D eigenvalue weighted by molar-refractivity contribution is -0.149. The van der Waals surface area contributed by atoms with Crippen LogP contribution in [0, 0.1) is 5.92 Å². The highest BCUT2D eigenvalue weighted by Gasteiger charge is 2.53. The van der Waals surface area contributed by atoms with Crippen LogP contribution in [0.5, 0.6) is 5.75 Å². The Morgan fingerprint density at radius 2 is 1.95 bits per heavy atom. The van der Waals surface area contributed by atoms with E-state index in [2.05, 4.69) is 5.32 Å². The van der Waals surface area contributed by atoms with E-state index in [1.807, 2.05) is 0 Å². The Labute approximate surface area is 123 Å². The lowest BCUT2D eigenvalue weighted by Gasteiger charge is -2.27. The van der Waals surface area contributed by atoms with E-state index in [0.717, 1.165) is 31.4 Å². The normalized spacial score (nSPS) is 23.1. The average Bonchev–Trinajstić information content (AvgIpc) is 3.07. The standard InChI is InChI=1S/C16H19NO4/c1-20-12-6-4-11(5-7-12)17-15(19)13-10-14(18)21-16(13)8-2-3-9-16/h4-7,13H,2-3,8-10H2,1H3,(H,17,19). The third-order valence-corrected chi connectivity index (χ3v) is 4.45. The van der Waals surface area contributed by atoms with Gasteiger partial charge in [0.1, 0.15) is 11.4 Å². The van der Waals surface area contributed by atoms with E-state index in [-0.39, 0.29) is 24.2 Å². The van der Waals surface area contributed by atoms with Crippen molar-refractivity contribution in [3.63, 3.8) is 0 Å². The van der Waals surface area contributed by atoms with Crippen LogP contribution in [0.25, 0.3) is 0 Å². The van der Waals surface area contributed by atoms with Crippen LogP contribution >= 0.6 is 0 Å². The average molecular weight is 289 g/mol. The minimum Gasteiger partial charge on any atom is -0.497 e. The van der Waals surface area contributed by atoms with Gasteiger partial charge >= 0.3 is 5.97 Å². The van der Waals surface area contributed by atoms with E-state index >= 15 is 0 Å². The van der Waals surface area contributed by atoms with E-state index in [1.165, 1.54) is 0 Å². The van der Waals surface area contributed by atoms with Gasteiger partial charge in [-0.15, -0.1) is 0 Å². The molecule has 1 amide bonds. The van der Waals surface area contributed by atoms with Gasteiger partial charge in [-0.2, -0.15) is 0 Å². The fourth-order valence-corrected chi connectivity index (χ4v) is 3.35. The van der Waals surface area contributed by atoms with Crippen molar-refractivity contribution in [2.24, 2.45) is 5.92 Å². The molecule has 3 rings (SSSR count). The molecule has 1 heterocycles. The fraction of sp³-hybridized carbons (Fsp3) is 0.500. The van der Waals surface area contributed by atoms with Crippen LogP contribution in [0.1, 0.15) is 32.1 Å². The number of anilines is 1. The molecule has 1 aromatic carbocycles. The molecule has 21 heavy (non-hydrogen) atoms. The second-order valence-corrected chi connectivity index (χ2v) is 5.72. The number of esters is 1. The molecule has 1 aliphatic carbocycles. The summed E-state index contributed by atoms with van der Waals surface area (Å²) >= 11 is 0. The van der Waals surface area contributed by atoms with Gasteiger partial charge in [-0.25, -0.2) is 0 Å². The molecule has 2 aliphatic rings. The van der Waals surface area contributed by atoms with Gasteiger partial charge in [0.2, 0.25) is 5.91 Å². The number of hydrogen-bond acceptors (Lipinski definition) is 4. The summed E-state index contributed by atoms with van der Waals surface area (Å²) in [7, 11) is 1.60. The van der Waals surface area contributed by atoms with Gasteiger partial charge < -0.3 is 14.8 Å². The summed E-state index contributed by atoms with van der Waals surface area (Å²) in [4.78, 5) is 24.1. The molecule has 1 saturated heterocycles. The lowest BCUT2D eigenvalue weighted by atomic mass is 9.85. The van der Waals surface area contributed by atoms with Crippen LogP contribution < -0.4 is 10.1 Å². The van der Waals surface area contributed by atoms with Crippen molar-refractivity contribution in [1.82, 2.24) is 0 Å². The quantitative estimate of drug-likeness (QED) is 0.868. The Morgan fingerprint density at radius 1 is 1.29 bits per heavy atom. The molecule has 0 bridgehead atoms. The molecule has 112 valence electrons. The summed E-state index contributed by atoms with van der Waals surface area (Å²) in [5, 5.41) is 2.88. The maximum absolute atomic E-state index is 12.5. The van der Waals surface area contributed by atoms with Gasteiger partial charge in [-0.3, -0.25) is 9.59 Å². The van der Waals surface area contributed by atoms with Gasteiger partial charge in [0.25, 0.3) is 0 Å². The number of carbonyl (C=O) groups is 2. The highest BCUT2D eigenvalue weighted by atomic mass is 16.6. The van der Waals surface area contributed by atoms with Crippen molar-refractivity contribution >= 4 is 17.6 Å². The molecule has 5 nitrogen and oxygen atoms in total. The van der Waals surface area contributed by atoms with Crippen LogP contribution in [-0.2, 0) is 14.3 Å². The fourth-order valence-electron chi connectivity index (χ4n) is 3.35. The molecule has 0 aromatic heterocycles. The second kappa shape index (κ2) is 5.39. The Kier molecular flexibility index (Phi) is 3.57. The minimum absolute atomic E-state index is 0.132. The molecule has 1 aliphatic heterocycles. The minimum atomic E-state index is -0.562. The topological polar surface area (TPSA) is 64.6 Å². The maximum Gasteiger partial charge on any atom is 0.307 e. The lowest BCUT2D eigenvalue weighted by Crippen LogP contribution is -2.39. The van der Waals surface area contributed by atoms with Gasteiger partial charge in [0.05, 0.1) is 19.4 Å². The summed E-state index contributed by atoms with van der Waals surface area (Å²) in [5.74, 6) is -0.0334. The zero-order valence-corrected chi connectivity index (χ0v) is 12.1. The van der Waals surface area contributed by atoms with Gasteiger partial charge in [0, 0.05) is 5.69 Å². The maximum atomic E-state index is 12.5. The van der Waals surface area contributed by atoms with Gasteiger partial charge in [-0.1, -0.05) is 0 Å². The number of nitrogens with one attached hydrogen (secondary N) is 1. The first kappa shape index (κ1) is 13.9. The van der Waals surface area contributed by atoms with Gasteiger partial charge in [0.15, 0.2) is 0 Å². The molecule has 1 aromatic rings. The van der Waals surface area contributed by atoms with Crippen molar-refractivity contribution in [1.29, 1.82) is 0 Å². The number of carbonyl (C=O) groups excluding carboxylic acids is 2. The van der Waals surface area contributed by atoms with Crippen molar-refractivity contribution in [3.8, 4) is 5.75 Å². The highest BCUT2D eigenvalue weighted by molar-refractivity contribution is 5.97. The number of rotatable bonds is 3. The summed E-state index contributed by atoms with van der Waals surface area (Å²) in [5.41, 5.74) is 0.140. The second-order valence-electron chi connectivity index (χ2n) is 5.72. The smallest absolute Gasteiger partial charge is 0.307 e. The predicted molar refractivity (Wildman–Crippen MR) is 77.0 cm³/mol. The number of ether oxygens (including phenoxy) is 2. The third-order valence-electron chi connectivity index (χ3n) is 4.45. The molecular weight excluding hydrogens is 270 g/mol. The SMILES string of the molecule is COc1ccc(NC(=O)C2CC(=O)OC23CCCC3)cc1. The van der Waals surface area contributed by atoms with Gasteiger partial charge in [-0.05, 0) is 49.9 Å². The highest BCUT2D eigenvalue weighted by Crippen LogP contribution is 2.45. The van der Waals surface area contributed by atoms with E-state index < -0.39 is 5.60 Å². The first-order chi connectivity index (χ1) is 10.1. The molecule has 1 unspecified atom stereocenters. The van der Waals surface area contributed by atoms with Crippen molar-refractivity contribution in [2.45, 2.75) is 37.7 Å². The molecule has 2 fully saturated rings.